The molecule has 0 radical (unpaired) electrons. The molecule has 1 rings (SSSR count). The minimum atomic E-state index is 0.807. The molecule has 0 saturated heterocycles. The van der Waals surface area contributed by atoms with Gasteiger partial charge in [0.25, 0.3) is 0 Å². The summed E-state index contributed by atoms with van der Waals surface area (Å²) in [5, 5.41) is 3.75. The van der Waals surface area contributed by atoms with Gasteiger partial charge in [-0.25, -0.2) is 0 Å². The van der Waals surface area contributed by atoms with Gasteiger partial charge in [-0.05, 0) is 43.6 Å². The van der Waals surface area contributed by atoms with E-state index in [2.05, 4.69) is 33.0 Å². The normalized spacial score (nSPS) is 28.8. The van der Waals surface area contributed by atoms with E-state index in [0.717, 1.165) is 23.8 Å². The Kier molecular flexibility index (Phi) is 5.66. The fourth-order valence-corrected chi connectivity index (χ4v) is 2.69. The van der Waals surface area contributed by atoms with Crippen LogP contribution in [-0.4, -0.2) is 12.6 Å². The predicted molar refractivity (Wildman–Crippen MR) is 68.0 cm³/mol. The minimum Gasteiger partial charge on any atom is -0.314 e. The van der Waals surface area contributed by atoms with Crippen molar-refractivity contribution >= 4 is 0 Å². The maximum atomic E-state index is 3.75. The summed E-state index contributed by atoms with van der Waals surface area (Å²) in [6.07, 6.45) is 6.84. The summed E-state index contributed by atoms with van der Waals surface area (Å²) >= 11 is 0. The molecule has 15 heavy (non-hydrogen) atoms. The van der Waals surface area contributed by atoms with Gasteiger partial charge in [0.05, 0.1) is 0 Å². The van der Waals surface area contributed by atoms with E-state index in [-0.39, 0.29) is 0 Å². The summed E-state index contributed by atoms with van der Waals surface area (Å²) in [4.78, 5) is 0. The lowest BCUT2D eigenvalue weighted by Crippen LogP contribution is -2.33. The molecule has 0 bridgehead atoms. The second-order valence-electron chi connectivity index (χ2n) is 5.57. The van der Waals surface area contributed by atoms with Crippen LogP contribution < -0.4 is 5.32 Å². The Bertz CT molecular complexity index is 167. The molecule has 0 spiro atoms. The fourth-order valence-electron chi connectivity index (χ4n) is 2.69. The van der Waals surface area contributed by atoms with Crippen molar-refractivity contribution in [2.45, 2.75) is 65.8 Å². The lowest BCUT2D eigenvalue weighted by atomic mass is 9.94. The van der Waals surface area contributed by atoms with E-state index >= 15 is 0 Å². The van der Waals surface area contributed by atoms with E-state index < -0.39 is 0 Å². The van der Waals surface area contributed by atoms with E-state index in [9.17, 15) is 0 Å². The van der Waals surface area contributed by atoms with Crippen molar-refractivity contribution in [3.8, 4) is 0 Å². The first-order valence-electron chi connectivity index (χ1n) is 6.92. The molecule has 1 aliphatic carbocycles. The van der Waals surface area contributed by atoms with Crippen LogP contribution in [0.1, 0.15) is 59.8 Å². The molecule has 4 unspecified atom stereocenters. The van der Waals surface area contributed by atoms with Crippen LogP contribution in [0.15, 0.2) is 0 Å². The highest BCUT2D eigenvalue weighted by molar-refractivity contribution is 4.92. The van der Waals surface area contributed by atoms with E-state index in [4.69, 9.17) is 0 Å². The zero-order valence-electron chi connectivity index (χ0n) is 11.1. The van der Waals surface area contributed by atoms with Crippen molar-refractivity contribution in [3.63, 3.8) is 0 Å². The summed E-state index contributed by atoms with van der Waals surface area (Å²) < 4.78 is 0. The third kappa shape index (κ3) is 4.55. The molecule has 1 aliphatic rings. The molecule has 1 heteroatoms. The topological polar surface area (TPSA) is 12.0 Å². The van der Waals surface area contributed by atoms with Crippen molar-refractivity contribution < 1.29 is 0 Å². The molecule has 1 N–H and O–H groups in total. The van der Waals surface area contributed by atoms with Crippen LogP contribution in [0, 0.1) is 17.8 Å². The molecule has 0 aliphatic heterocycles. The SMILES string of the molecule is CCCNC(CC(C)CCC)C1CC1C. The standard InChI is InChI=1S/C14H29N/c1-5-7-11(3)9-14(15-8-6-2)13-10-12(13)4/h11-15H,5-10H2,1-4H3. The lowest BCUT2D eigenvalue weighted by Gasteiger charge is -2.22. The van der Waals surface area contributed by atoms with E-state index in [1.54, 1.807) is 0 Å². The van der Waals surface area contributed by atoms with E-state index in [1.165, 1.54) is 38.6 Å². The van der Waals surface area contributed by atoms with Crippen LogP contribution in [0.4, 0.5) is 0 Å². The van der Waals surface area contributed by atoms with Crippen LogP contribution in [0.2, 0.25) is 0 Å². The van der Waals surface area contributed by atoms with Gasteiger partial charge in [-0.1, -0.05) is 40.5 Å². The van der Waals surface area contributed by atoms with Crippen molar-refractivity contribution in [2.75, 3.05) is 6.54 Å². The molecule has 4 atom stereocenters. The van der Waals surface area contributed by atoms with Crippen LogP contribution in [0.3, 0.4) is 0 Å². The lowest BCUT2D eigenvalue weighted by molar-refractivity contribution is 0.347. The maximum Gasteiger partial charge on any atom is 0.0100 e. The number of nitrogens with one attached hydrogen (secondary N) is 1. The zero-order chi connectivity index (χ0) is 11.3. The van der Waals surface area contributed by atoms with Gasteiger partial charge in [0.1, 0.15) is 0 Å². The third-order valence-corrected chi connectivity index (χ3v) is 3.78. The van der Waals surface area contributed by atoms with Gasteiger partial charge in [0.2, 0.25) is 0 Å². The smallest absolute Gasteiger partial charge is 0.0100 e. The van der Waals surface area contributed by atoms with Crippen molar-refractivity contribution in [1.29, 1.82) is 0 Å². The molecule has 0 amide bonds. The summed E-state index contributed by atoms with van der Waals surface area (Å²) in [6.45, 7) is 10.6. The first-order valence-corrected chi connectivity index (χ1v) is 6.92. The first-order chi connectivity index (χ1) is 7.19. The van der Waals surface area contributed by atoms with Crippen LogP contribution >= 0.6 is 0 Å². The van der Waals surface area contributed by atoms with Gasteiger partial charge in [0.15, 0.2) is 0 Å². The highest BCUT2D eigenvalue weighted by Gasteiger charge is 2.39. The Balaban J connectivity index is 2.28. The van der Waals surface area contributed by atoms with Gasteiger partial charge >= 0.3 is 0 Å². The Morgan fingerprint density at radius 3 is 2.40 bits per heavy atom. The Morgan fingerprint density at radius 2 is 1.93 bits per heavy atom. The monoisotopic (exact) mass is 211 g/mol. The molecule has 0 aromatic rings. The summed E-state index contributed by atoms with van der Waals surface area (Å²) in [5.74, 6) is 2.86. The molecule has 1 saturated carbocycles. The third-order valence-electron chi connectivity index (χ3n) is 3.78. The van der Waals surface area contributed by atoms with Crippen LogP contribution in [0.5, 0.6) is 0 Å². The first kappa shape index (κ1) is 13.0. The van der Waals surface area contributed by atoms with E-state index in [1.807, 2.05) is 0 Å². The quantitative estimate of drug-likeness (QED) is 0.643. The van der Waals surface area contributed by atoms with Crippen LogP contribution in [-0.2, 0) is 0 Å². The van der Waals surface area contributed by atoms with Gasteiger partial charge in [-0.2, -0.15) is 0 Å². The van der Waals surface area contributed by atoms with Gasteiger partial charge in [0, 0.05) is 6.04 Å². The van der Waals surface area contributed by atoms with Gasteiger partial charge in [-0.15, -0.1) is 0 Å². The number of rotatable bonds is 8. The van der Waals surface area contributed by atoms with Crippen molar-refractivity contribution in [2.24, 2.45) is 17.8 Å². The zero-order valence-corrected chi connectivity index (χ0v) is 11.1. The molecule has 1 nitrogen and oxygen atoms in total. The molecule has 90 valence electrons. The fraction of sp³-hybridized carbons (Fsp3) is 1.00. The van der Waals surface area contributed by atoms with Crippen molar-refractivity contribution in [1.82, 2.24) is 5.32 Å². The number of hydrogen-bond donors (Lipinski definition) is 1. The Labute approximate surface area is 96.0 Å². The minimum absolute atomic E-state index is 0.807. The van der Waals surface area contributed by atoms with Crippen LogP contribution in [0.25, 0.3) is 0 Å². The van der Waals surface area contributed by atoms with Gasteiger partial charge < -0.3 is 5.32 Å². The van der Waals surface area contributed by atoms with E-state index in [0.29, 0.717) is 0 Å². The second kappa shape index (κ2) is 6.52. The van der Waals surface area contributed by atoms with Gasteiger partial charge in [-0.3, -0.25) is 0 Å². The molecule has 0 aromatic carbocycles. The summed E-state index contributed by atoms with van der Waals surface area (Å²) in [6, 6.07) is 0.807. The maximum absolute atomic E-state index is 3.75. The second-order valence-corrected chi connectivity index (χ2v) is 5.57. The highest BCUT2D eigenvalue weighted by Crippen LogP contribution is 2.42. The summed E-state index contributed by atoms with van der Waals surface area (Å²) in [5.41, 5.74) is 0. The summed E-state index contributed by atoms with van der Waals surface area (Å²) in [7, 11) is 0. The Hall–Kier alpha value is -0.0400. The average molecular weight is 211 g/mol. The van der Waals surface area contributed by atoms with Crippen molar-refractivity contribution in [3.05, 3.63) is 0 Å². The number of hydrogen-bond acceptors (Lipinski definition) is 1. The molecule has 0 heterocycles. The Morgan fingerprint density at radius 1 is 1.27 bits per heavy atom. The highest BCUT2D eigenvalue weighted by atomic mass is 14.9. The average Bonchev–Trinajstić information content (AvgIpc) is 2.90. The molecule has 1 fully saturated rings. The predicted octanol–water partition coefficient (Wildman–Crippen LogP) is 3.84. The molecule has 0 aromatic heterocycles. The largest absolute Gasteiger partial charge is 0.314 e. The molecular formula is C14H29N. The molecular weight excluding hydrogens is 182 g/mol.